The molecule has 0 aliphatic carbocycles. The molecule has 0 radical (unpaired) electrons. The number of hydrogen-bond acceptors (Lipinski definition) is 4. The maximum absolute atomic E-state index is 12.2. The maximum Gasteiger partial charge on any atom is 0.251 e. The lowest BCUT2D eigenvalue weighted by Crippen LogP contribution is -2.31. The topological polar surface area (TPSA) is 91.2 Å². The number of amides is 1. The SMILES string of the molecule is O=C(NCC(CO)Cc1ccco1)c1ccc(-c2cn[nH]c2)cc1. The van der Waals surface area contributed by atoms with E-state index in [4.69, 9.17) is 4.42 Å². The third-order valence-corrected chi connectivity index (χ3v) is 3.86. The highest BCUT2D eigenvalue weighted by Crippen LogP contribution is 2.18. The van der Waals surface area contributed by atoms with Crippen molar-refractivity contribution >= 4 is 5.91 Å². The summed E-state index contributed by atoms with van der Waals surface area (Å²) >= 11 is 0. The van der Waals surface area contributed by atoms with Crippen molar-refractivity contribution in [1.82, 2.24) is 15.5 Å². The molecule has 1 atom stereocenters. The second-order valence-electron chi connectivity index (χ2n) is 5.61. The minimum Gasteiger partial charge on any atom is -0.469 e. The Bertz CT molecular complexity index is 749. The molecule has 0 aliphatic heterocycles. The number of aromatic nitrogens is 2. The number of H-pyrrole nitrogens is 1. The summed E-state index contributed by atoms with van der Waals surface area (Å²) in [6, 6.07) is 11.0. The van der Waals surface area contributed by atoms with Gasteiger partial charge in [-0.05, 0) is 29.8 Å². The van der Waals surface area contributed by atoms with Crippen molar-refractivity contribution in [3.05, 3.63) is 66.4 Å². The molecular weight excluding hydrogens is 306 g/mol. The number of aromatic amines is 1. The summed E-state index contributed by atoms with van der Waals surface area (Å²) in [5, 5.41) is 19.0. The fourth-order valence-electron chi connectivity index (χ4n) is 2.48. The molecule has 0 saturated heterocycles. The number of carbonyl (C=O) groups is 1. The van der Waals surface area contributed by atoms with Crippen LogP contribution in [0.25, 0.3) is 11.1 Å². The monoisotopic (exact) mass is 325 g/mol. The normalized spacial score (nSPS) is 12.0. The maximum atomic E-state index is 12.2. The molecule has 3 rings (SSSR count). The van der Waals surface area contributed by atoms with Gasteiger partial charge in [-0.3, -0.25) is 9.89 Å². The second kappa shape index (κ2) is 7.61. The van der Waals surface area contributed by atoms with Gasteiger partial charge in [0.15, 0.2) is 0 Å². The van der Waals surface area contributed by atoms with Crippen LogP contribution in [0.4, 0.5) is 0 Å². The minimum absolute atomic E-state index is 0.0135. The van der Waals surface area contributed by atoms with Crippen LogP contribution in [0, 0.1) is 5.92 Å². The minimum atomic E-state index is -0.161. The number of rotatable bonds is 7. The zero-order chi connectivity index (χ0) is 16.8. The van der Waals surface area contributed by atoms with Crippen LogP contribution in [0.3, 0.4) is 0 Å². The Hall–Kier alpha value is -2.86. The molecule has 1 aromatic carbocycles. The molecule has 0 aliphatic rings. The highest BCUT2D eigenvalue weighted by molar-refractivity contribution is 5.94. The highest BCUT2D eigenvalue weighted by atomic mass is 16.3. The molecule has 1 amide bonds. The molecular formula is C18H19N3O3. The molecule has 1 unspecified atom stereocenters. The van der Waals surface area contributed by atoms with Gasteiger partial charge >= 0.3 is 0 Å². The van der Waals surface area contributed by atoms with Crippen molar-refractivity contribution in [3.8, 4) is 11.1 Å². The molecule has 6 nitrogen and oxygen atoms in total. The van der Waals surface area contributed by atoms with Gasteiger partial charge in [0.2, 0.25) is 0 Å². The Balaban J connectivity index is 1.56. The quantitative estimate of drug-likeness (QED) is 0.621. The lowest BCUT2D eigenvalue weighted by molar-refractivity contribution is 0.0939. The van der Waals surface area contributed by atoms with E-state index in [9.17, 15) is 9.90 Å². The predicted molar refractivity (Wildman–Crippen MR) is 89.3 cm³/mol. The van der Waals surface area contributed by atoms with Crippen LogP contribution < -0.4 is 5.32 Å². The summed E-state index contributed by atoms with van der Waals surface area (Å²) in [6.07, 6.45) is 5.72. The number of aliphatic hydroxyl groups excluding tert-OH is 1. The third-order valence-electron chi connectivity index (χ3n) is 3.86. The van der Waals surface area contributed by atoms with Crippen molar-refractivity contribution in [2.45, 2.75) is 6.42 Å². The number of aliphatic hydroxyl groups is 1. The molecule has 2 aromatic heterocycles. The average Bonchev–Trinajstić information content (AvgIpc) is 3.32. The predicted octanol–water partition coefficient (Wildman–Crippen LogP) is 2.25. The van der Waals surface area contributed by atoms with E-state index in [1.54, 1.807) is 30.8 Å². The molecule has 124 valence electrons. The molecule has 3 aromatic rings. The number of carbonyl (C=O) groups excluding carboxylic acids is 1. The zero-order valence-corrected chi connectivity index (χ0v) is 13.1. The summed E-state index contributed by atoms with van der Waals surface area (Å²) in [4.78, 5) is 12.2. The van der Waals surface area contributed by atoms with Crippen LogP contribution >= 0.6 is 0 Å². The Morgan fingerprint density at radius 2 is 2.08 bits per heavy atom. The summed E-state index contributed by atoms with van der Waals surface area (Å²) in [5.74, 6) is 0.560. The van der Waals surface area contributed by atoms with Gasteiger partial charge in [-0.2, -0.15) is 5.10 Å². The van der Waals surface area contributed by atoms with Crippen LogP contribution in [0.1, 0.15) is 16.1 Å². The molecule has 24 heavy (non-hydrogen) atoms. The van der Waals surface area contributed by atoms with Gasteiger partial charge < -0.3 is 14.8 Å². The second-order valence-corrected chi connectivity index (χ2v) is 5.61. The molecule has 2 heterocycles. The first-order valence-corrected chi connectivity index (χ1v) is 7.77. The van der Waals surface area contributed by atoms with E-state index in [1.165, 1.54) is 0 Å². The zero-order valence-electron chi connectivity index (χ0n) is 13.1. The van der Waals surface area contributed by atoms with Crippen LogP contribution in [-0.4, -0.2) is 34.4 Å². The Morgan fingerprint density at radius 3 is 2.71 bits per heavy atom. The van der Waals surface area contributed by atoms with Crippen LogP contribution in [0.5, 0.6) is 0 Å². The number of benzene rings is 1. The van der Waals surface area contributed by atoms with Gasteiger partial charge in [0.25, 0.3) is 5.91 Å². The van der Waals surface area contributed by atoms with Gasteiger partial charge in [0.1, 0.15) is 5.76 Å². The van der Waals surface area contributed by atoms with Gasteiger partial charge in [-0.25, -0.2) is 0 Å². The number of nitrogens with one attached hydrogen (secondary N) is 2. The fourth-order valence-corrected chi connectivity index (χ4v) is 2.48. The Morgan fingerprint density at radius 1 is 1.25 bits per heavy atom. The summed E-state index contributed by atoms with van der Waals surface area (Å²) in [5.41, 5.74) is 2.55. The van der Waals surface area contributed by atoms with E-state index in [2.05, 4.69) is 15.5 Å². The molecule has 0 spiro atoms. The Labute approximate surface area is 139 Å². The average molecular weight is 325 g/mol. The summed E-state index contributed by atoms with van der Waals surface area (Å²) in [6.45, 7) is 0.375. The van der Waals surface area contributed by atoms with Gasteiger partial charge in [-0.1, -0.05) is 12.1 Å². The molecule has 0 saturated carbocycles. The number of nitrogens with zero attached hydrogens (tertiary/aromatic N) is 1. The van der Waals surface area contributed by atoms with E-state index >= 15 is 0 Å². The van der Waals surface area contributed by atoms with Gasteiger partial charge in [0.05, 0.1) is 12.5 Å². The third kappa shape index (κ3) is 3.91. The Kier molecular flexibility index (Phi) is 5.08. The van der Waals surface area contributed by atoms with Crippen molar-refractivity contribution < 1.29 is 14.3 Å². The highest BCUT2D eigenvalue weighted by Gasteiger charge is 2.13. The molecule has 0 bridgehead atoms. The van der Waals surface area contributed by atoms with Crippen LogP contribution in [-0.2, 0) is 6.42 Å². The van der Waals surface area contributed by atoms with Crippen molar-refractivity contribution in [3.63, 3.8) is 0 Å². The molecule has 3 N–H and O–H groups in total. The standard InChI is InChI=1S/C18H19N3O3/c22-12-13(8-17-2-1-7-24-17)9-19-18(23)15-5-3-14(4-6-15)16-10-20-21-11-16/h1-7,10-11,13,22H,8-9,12H2,(H,19,23)(H,20,21). The number of furan rings is 1. The smallest absolute Gasteiger partial charge is 0.251 e. The first-order chi connectivity index (χ1) is 11.8. The first-order valence-electron chi connectivity index (χ1n) is 7.77. The summed E-state index contributed by atoms with van der Waals surface area (Å²) < 4.78 is 5.27. The lowest BCUT2D eigenvalue weighted by atomic mass is 10.0. The number of hydrogen-bond donors (Lipinski definition) is 3. The fraction of sp³-hybridized carbons (Fsp3) is 0.222. The molecule has 0 fully saturated rings. The van der Waals surface area contributed by atoms with E-state index in [-0.39, 0.29) is 18.4 Å². The summed E-state index contributed by atoms with van der Waals surface area (Å²) in [7, 11) is 0. The van der Waals surface area contributed by atoms with E-state index < -0.39 is 0 Å². The van der Waals surface area contributed by atoms with Crippen LogP contribution in [0.2, 0.25) is 0 Å². The largest absolute Gasteiger partial charge is 0.469 e. The first kappa shape index (κ1) is 16.0. The van der Waals surface area contributed by atoms with Crippen molar-refractivity contribution in [2.24, 2.45) is 5.92 Å². The molecule has 6 heteroatoms. The lowest BCUT2D eigenvalue weighted by Gasteiger charge is -2.14. The van der Waals surface area contributed by atoms with Gasteiger partial charge in [0, 0.05) is 42.8 Å². The van der Waals surface area contributed by atoms with Crippen LogP contribution in [0.15, 0.2) is 59.5 Å². The van der Waals surface area contributed by atoms with E-state index in [0.29, 0.717) is 18.5 Å². The van der Waals surface area contributed by atoms with Crippen molar-refractivity contribution in [2.75, 3.05) is 13.2 Å². The van der Waals surface area contributed by atoms with Gasteiger partial charge in [-0.15, -0.1) is 0 Å². The van der Waals surface area contributed by atoms with Crippen molar-refractivity contribution in [1.29, 1.82) is 0 Å². The van der Waals surface area contributed by atoms with E-state index in [0.717, 1.165) is 16.9 Å². The van der Waals surface area contributed by atoms with E-state index in [1.807, 2.05) is 24.3 Å².